The second-order valence-electron chi connectivity index (χ2n) is 4.38. The molecule has 2 aromatic heterocycles. The van der Waals surface area contributed by atoms with Gasteiger partial charge in [0.2, 0.25) is 5.88 Å². The number of aromatic nitrogens is 3. The van der Waals surface area contributed by atoms with Crippen LogP contribution in [-0.4, -0.2) is 25.8 Å². The van der Waals surface area contributed by atoms with E-state index < -0.39 is 5.97 Å². The lowest BCUT2D eigenvalue weighted by atomic mass is 10.2. The van der Waals surface area contributed by atoms with Gasteiger partial charge in [-0.2, -0.15) is 5.10 Å². The zero-order valence-corrected chi connectivity index (χ0v) is 11.3. The second-order valence-corrected chi connectivity index (χ2v) is 4.38. The van der Waals surface area contributed by atoms with Crippen LogP contribution in [0.5, 0.6) is 11.6 Å². The van der Waals surface area contributed by atoms with E-state index in [1.807, 2.05) is 20.9 Å². The van der Waals surface area contributed by atoms with Gasteiger partial charge < -0.3 is 9.84 Å². The van der Waals surface area contributed by atoms with Crippen molar-refractivity contribution in [3.8, 4) is 11.6 Å². The van der Waals surface area contributed by atoms with Crippen LogP contribution in [0.1, 0.15) is 27.3 Å². The Bertz CT molecular complexity index is 647. The Balaban J connectivity index is 2.36. The lowest BCUT2D eigenvalue weighted by molar-refractivity contribution is 0.0696. The molecule has 0 spiro atoms. The molecule has 2 heterocycles. The summed E-state index contributed by atoms with van der Waals surface area (Å²) in [6, 6.07) is 1.53. The Morgan fingerprint density at radius 3 is 2.53 bits per heavy atom. The van der Waals surface area contributed by atoms with Crippen molar-refractivity contribution >= 4 is 5.97 Å². The molecule has 2 rings (SSSR count). The summed E-state index contributed by atoms with van der Waals surface area (Å²) >= 11 is 0. The highest BCUT2D eigenvalue weighted by Crippen LogP contribution is 2.28. The van der Waals surface area contributed by atoms with Crippen LogP contribution in [0.15, 0.2) is 12.3 Å². The Labute approximate surface area is 110 Å². The van der Waals surface area contributed by atoms with Crippen LogP contribution in [0.3, 0.4) is 0 Å². The van der Waals surface area contributed by atoms with Crippen LogP contribution in [-0.2, 0) is 7.05 Å². The van der Waals surface area contributed by atoms with Gasteiger partial charge in [0.25, 0.3) is 0 Å². The molecule has 0 aliphatic heterocycles. The van der Waals surface area contributed by atoms with Gasteiger partial charge in [-0.1, -0.05) is 0 Å². The van der Waals surface area contributed by atoms with Crippen molar-refractivity contribution in [3.05, 3.63) is 34.8 Å². The predicted molar refractivity (Wildman–Crippen MR) is 68.7 cm³/mol. The predicted octanol–water partition coefficient (Wildman–Crippen LogP) is 2.23. The maximum Gasteiger partial charge on any atom is 0.337 e. The first-order chi connectivity index (χ1) is 8.90. The molecular formula is C13H15N3O3. The first kappa shape index (κ1) is 13.1. The molecule has 0 unspecified atom stereocenters. The lowest BCUT2D eigenvalue weighted by Gasteiger charge is -2.08. The molecule has 6 heteroatoms. The monoisotopic (exact) mass is 261 g/mol. The zero-order chi connectivity index (χ0) is 14.2. The highest BCUT2D eigenvalue weighted by Gasteiger charge is 2.14. The number of aromatic carboxylic acids is 1. The van der Waals surface area contributed by atoms with E-state index in [1.54, 1.807) is 11.6 Å². The first-order valence-electron chi connectivity index (χ1n) is 5.78. The zero-order valence-electron chi connectivity index (χ0n) is 11.3. The number of pyridine rings is 1. The smallest absolute Gasteiger partial charge is 0.337 e. The molecule has 0 atom stereocenters. The van der Waals surface area contributed by atoms with E-state index >= 15 is 0 Å². The van der Waals surface area contributed by atoms with Gasteiger partial charge in [-0.15, -0.1) is 0 Å². The number of nitrogens with zero attached hydrogens (tertiary/aromatic N) is 3. The number of aryl methyl sites for hydroxylation is 3. The molecule has 0 saturated heterocycles. The van der Waals surface area contributed by atoms with Crippen molar-refractivity contribution in [3.63, 3.8) is 0 Å². The number of hydrogen-bond acceptors (Lipinski definition) is 4. The van der Waals surface area contributed by atoms with E-state index in [0.717, 1.165) is 11.4 Å². The Morgan fingerprint density at radius 2 is 2.05 bits per heavy atom. The van der Waals surface area contributed by atoms with Gasteiger partial charge in [-0.3, -0.25) is 4.68 Å². The van der Waals surface area contributed by atoms with Gasteiger partial charge in [0.1, 0.15) is 5.69 Å². The lowest BCUT2D eigenvalue weighted by Crippen LogP contribution is -2.00. The summed E-state index contributed by atoms with van der Waals surface area (Å²) in [5.74, 6) is 0.0428. The van der Waals surface area contributed by atoms with E-state index in [0.29, 0.717) is 17.2 Å². The topological polar surface area (TPSA) is 77.2 Å². The van der Waals surface area contributed by atoms with E-state index in [2.05, 4.69) is 10.1 Å². The van der Waals surface area contributed by atoms with Crippen LogP contribution >= 0.6 is 0 Å². The third kappa shape index (κ3) is 2.42. The molecule has 2 aromatic rings. The van der Waals surface area contributed by atoms with Crippen LogP contribution in [0.4, 0.5) is 0 Å². The number of carboxylic acids is 1. The van der Waals surface area contributed by atoms with E-state index in [1.165, 1.54) is 12.3 Å². The molecule has 0 fully saturated rings. The van der Waals surface area contributed by atoms with E-state index in [9.17, 15) is 4.79 Å². The summed E-state index contributed by atoms with van der Waals surface area (Å²) in [6.07, 6.45) is 1.28. The quantitative estimate of drug-likeness (QED) is 0.916. The normalized spacial score (nSPS) is 10.5. The summed E-state index contributed by atoms with van der Waals surface area (Å²) in [4.78, 5) is 14.9. The minimum absolute atomic E-state index is 0.143. The number of rotatable bonds is 3. The fourth-order valence-electron chi connectivity index (χ4n) is 1.78. The molecule has 0 aromatic carbocycles. The van der Waals surface area contributed by atoms with Gasteiger partial charge in [-0.05, 0) is 26.8 Å². The average molecular weight is 261 g/mol. The van der Waals surface area contributed by atoms with Gasteiger partial charge in [0, 0.05) is 18.8 Å². The van der Waals surface area contributed by atoms with Crippen LogP contribution in [0.2, 0.25) is 0 Å². The summed E-state index contributed by atoms with van der Waals surface area (Å²) in [6.45, 7) is 5.51. The van der Waals surface area contributed by atoms with Crippen molar-refractivity contribution in [1.82, 2.24) is 14.8 Å². The van der Waals surface area contributed by atoms with Crippen molar-refractivity contribution in [2.45, 2.75) is 20.8 Å². The third-order valence-electron chi connectivity index (χ3n) is 2.92. The minimum atomic E-state index is -1.00. The molecule has 1 N–H and O–H groups in total. The molecule has 0 radical (unpaired) electrons. The van der Waals surface area contributed by atoms with Crippen molar-refractivity contribution in [2.75, 3.05) is 0 Å². The van der Waals surface area contributed by atoms with Crippen molar-refractivity contribution in [2.24, 2.45) is 7.05 Å². The van der Waals surface area contributed by atoms with Crippen LogP contribution in [0, 0.1) is 20.8 Å². The minimum Gasteiger partial charge on any atom is -0.478 e. The molecular weight excluding hydrogens is 246 g/mol. The molecule has 6 nitrogen and oxygen atoms in total. The van der Waals surface area contributed by atoms with Gasteiger partial charge >= 0.3 is 5.97 Å². The fraction of sp³-hybridized carbons (Fsp3) is 0.308. The molecule has 100 valence electrons. The molecule has 0 saturated carbocycles. The van der Waals surface area contributed by atoms with Crippen LogP contribution in [0.25, 0.3) is 0 Å². The standard InChI is InChI=1S/C13H15N3O3/c1-7-5-10(13(17)18)6-14-12(7)19-11-8(2)15-16(4)9(11)3/h5-6H,1-4H3,(H,17,18). The molecule has 0 bridgehead atoms. The summed E-state index contributed by atoms with van der Waals surface area (Å²) in [5.41, 5.74) is 2.47. The van der Waals surface area contributed by atoms with Gasteiger partial charge in [-0.25, -0.2) is 9.78 Å². The Hall–Kier alpha value is -2.37. The van der Waals surface area contributed by atoms with Gasteiger partial charge in [0.15, 0.2) is 5.75 Å². The number of ether oxygens (including phenoxy) is 1. The van der Waals surface area contributed by atoms with E-state index in [4.69, 9.17) is 9.84 Å². The molecule has 0 amide bonds. The number of carboxylic acid groups (broad SMARTS) is 1. The van der Waals surface area contributed by atoms with Gasteiger partial charge in [0.05, 0.1) is 11.3 Å². The average Bonchev–Trinajstić information content (AvgIpc) is 2.58. The molecule has 19 heavy (non-hydrogen) atoms. The molecule has 0 aliphatic carbocycles. The van der Waals surface area contributed by atoms with Crippen LogP contribution < -0.4 is 4.74 Å². The Kier molecular flexibility index (Phi) is 3.25. The maximum absolute atomic E-state index is 10.8. The highest BCUT2D eigenvalue weighted by atomic mass is 16.5. The SMILES string of the molecule is Cc1cc(C(=O)O)cnc1Oc1c(C)nn(C)c1C. The Morgan fingerprint density at radius 1 is 1.37 bits per heavy atom. The second kappa shape index (κ2) is 4.72. The summed E-state index contributed by atoms with van der Waals surface area (Å²) in [7, 11) is 1.84. The largest absolute Gasteiger partial charge is 0.478 e. The van der Waals surface area contributed by atoms with Crippen molar-refractivity contribution < 1.29 is 14.6 Å². The van der Waals surface area contributed by atoms with E-state index in [-0.39, 0.29) is 5.56 Å². The highest BCUT2D eigenvalue weighted by molar-refractivity contribution is 5.87. The third-order valence-corrected chi connectivity index (χ3v) is 2.92. The maximum atomic E-state index is 10.8. The van der Waals surface area contributed by atoms with Crippen molar-refractivity contribution in [1.29, 1.82) is 0 Å². The number of hydrogen-bond donors (Lipinski definition) is 1. The summed E-state index contributed by atoms with van der Waals surface area (Å²) < 4.78 is 7.47. The molecule has 0 aliphatic rings. The first-order valence-corrected chi connectivity index (χ1v) is 5.78. The summed E-state index contributed by atoms with van der Waals surface area (Å²) in [5, 5.41) is 13.1. The fourth-order valence-corrected chi connectivity index (χ4v) is 1.78. The number of carbonyl (C=O) groups is 1.